The third-order valence-electron chi connectivity index (χ3n) is 3.52. The highest BCUT2D eigenvalue weighted by Crippen LogP contribution is 2.16. The number of nitrogens with zero attached hydrogens (tertiary/aromatic N) is 1. The molecule has 3 heteroatoms. The van der Waals surface area contributed by atoms with Crippen molar-refractivity contribution < 1.29 is 13.8 Å². The number of carbonyl (C=O) groups excluding carboxylic acids is 1. The minimum Gasteiger partial charge on any atom is -0.284 e. The van der Waals surface area contributed by atoms with Crippen molar-refractivity contribution in [1.29, 1.82) is 0 Å². The van der Waals surface area contributed by atoms with Crippen molar-refractivity contribution in [3.63, 3.8) is 0 Å². The molecule has 1 aromatic heterocycles. The Morgan fingerprint density at radius 3 is 2.43 bits per heavy atom. The second kappa shape index (κ2) is 5.83. The van der Waals surface area contributed by atoms with Crippen LogP contribution >= 0.6 is 0 Å². The number of Topliss-reactive ketones (excluding diaryl/α,β-unsaturated/α-hetero) is 1. The number of rotatable bonds is 4. The van der Waals surface area contributed by atoms with Gasteiger partial charge in [0.25, 0.3) is 11.5 Å². The quantitative estimate of drug-likeness (QED) is 0.530. The first kappa shape index (κ1) is 13.4. The van der Waals surface area contributed by atoms with Gasteiger partial charge in [-0.05, 0) is 11.5 Å². The Morgan fingerprint density at radius 1 is 0.952 bits per heavy atom. The maximum Gasteiger partial charge on any atom is 0.259 e. The number of fused-ring (bicyclic) bond motifs is 1. The first-order chi connectivity index (χ1) is 10.3. The average molecular weight is 280 g/mol. The number of benzene rings is 2. The minimum atomic E-state index is -0.983. The molecular formula is C18H15FNO+. The van der Waals surface area contributed by atoms with Crippen LogP contribution in [0.5, 0.6) is 0 Å². The summed E-state index contributed by atoms with van der Waals surface area (Å²) in [7, 11) is 0. The zero-order chi connectivity index (χ0) is 14.7. The molecule has 0 bridgehead atoms. The minimum absolute atomic E-state index is 0.430. The number of halogens is 1. The maximum absolute atomic E-state index is 13.0. The fourth-order valence-corrected chi connectivity index (χ4v) is 2.54. The third-order valence-corrected chi connectivity index (χ3v) is 3.52. The smallest absolute Gasteiger partial charge is 0.259 e. The van der Waals surface area contributed by atoms with Gasteiger partial charge in [-0.2, -0.15) is 4.57 Å². The Hall–Kier alpha value is -2.55. The highest BCUT2D eigenvalue weighted by Gasteiger charge is 2.22. The molecule has 0 fully saturated rings. The molecule has 1 heterocycles. The molecule has 0 spiro atoms. The van der Waals surface area contributed by atoms with E-state index in [-0.39, 0.29) is 0 Å². The predicted molar refractivity (Wildman–Crippen MR) is 80.0 cm³/mol. The second-order valence-corrected chi connectivity index (χ2v) is 4.92. The van der Waals surface area contributed by atoms with Crippen molar-refractivity contribution in [2.45, 2.75) is 6.54 Å². The van der Waals surface area contributed by atoms with E-state index >= 15 is 0 Å². The van der Waals surface area contributed by atoms with Gasteiger partial charge in [0.05, 0.1) is 5.39 Å². The number of hydrogen-bond donors (Lipinski definition) is 0. The van der Waals surface area contributed by atoms with E-state index in [0.717, 1.165) is 16.3 Å². The Labute approximate surface area is 122 Å². The highest BCUT2D eigenvalue weighted by atomic mass is 19.1. The Morgan fingerprint density at radius 2 is 1.67 bits per heavy atom. The number of alkyl halides is 1. The SMILES string of the molecule is O=C(CF)c1c2ccccc2cc[n+]1Cc1ccccc1. The van der Waals surface area contributed by atoms with Crippen LogP contribution in [0.25, 0.3) is 10.8 Å². The summed E-state index contributed by atoms with van der Waals surface area (Å²) in [6.45, 7) is -0.435. The summed E-state index contributed by atoms with van der Waals surface area (Å²) in [5, 5.41) is 1.73. The lowest BCUT2D eigenvalue weighted by atomic mass is 10.1. The van der Waals surface area contributed by atoms with E-state index in [1.54, 1.807) is 0 Å². The van der Waals surface area contributed by atoms with Crippen LogP contribution in [0.2, 0.25) is 0 Å². The summed E-state index contributed by atoms with van der Waals surface area (Å²) in [6, 6.07) is 19.4. The zero-order valence-corrected chi connectivity index (χ0v) is 11.5. The topological polar surface area (TPSA) is 20.9 Å². The molecule has 0 aliphatic carbocycles. The third kappa shape index (κ3) is 2.68. The Bertz CT molecular complexity index is 784. The lowest BCUT2D eigenvalue weighted by molar-refractivity contribution is -0.688. The van der Waals surface area contributed by atoms with Crippen LogP contribution in [0.1, 0.15) is 16.1 Å². The van der Waals surface area contributed by atoms with Crippen LogP contribution in [0, 0.1) is 0 Å². The standard InChI is InChI=1S/C18H15FNO/c19-12-17(21)18-16-9-5-4-8-15(16)10-11-20(18)13-14-6-2-1-3-7-14/h1-11H,12-13H2/q+1. The molecule has 0 aliphatic heterocycles. The van der Waals surface area contributed by atoms with E-state index in [2.05, 4.69) is 0 Å². The highest BCUT2D eigenvalue weighted by molar-refractivity contribution is 6.05. The first-order valence-corrected chi connectivity index (χ1v) is 6.84. The molecule has 21 heavy (non-hydrogen) atoms. The molecule has 0 amide bonds. The summed E-state index contributed by atoms with van der Waals surface area (Å²) >= 11 is 0. The van der Waals surface area contributed by atoms with Crippen molar-refractivity contribution in [2.75, 3.05) is 6.67 Å². The molecule has 0 radical (unpaired) electrons. The van der Waals surface area contributed by atoms with Gasteiger partial charge in [-0.25, -0.2) is 4.39 Å². The summed E-state index contributed by atoms with van der Waals surface area (Å²) < 4.78 is 14.8. The summed E-state index contributed by atoms with van der Waals surface area (Å²) in [5.41, 5.74) is 1.50. The van der Waals surface area contributed by atoms with Crippen molar-refractivity contribution in [1.82, 2.24) is 0 Å². The van der Waals surface area contributed by atoms with Crippen molar-refractivity contribution >= 4 is 16.6 Å². The van der Waals surface area contributed by atoms with E-state index < -0.39 is 12.5 Å². The van der Waals surface area contributed by atoms with Gasteiger partial charge in [0, 0.05) is 11.6 Å². The summed E-state index contributed by atoms with van der Waals surface area (Å²) in [4.78, 5) is 12.0. The number of pyridine rings is 1. The van der Waals surface area contributed by atoms with E-state index in [0.29, 0.717) is 12.2 Å². The summed E-state index contributed by atoms with van der Waals surface area (Å²) in [5.74, 6) is -0.484. The van der Waals surface area contributed by atoms with E-state index in [4.69, 9.17) is 0 Å². The van der Waals surface area contributed by atoms with Gasteiger partial charge in [-0.15, -0.1) is 0 Å². The molecule has 2 nitrogen and oxygen atoms in total. The lowest BCUT2D eigenvalue weighted by Crippen LogP contribution is -2.41. The van der Waals surface area contributed by atoms with E-state index in [1.807, 2.05) is 71.4 Å². The zero-order valence-electron chi connectivity index (χ0n) is 11.5. The molecular weight excluding hydrogens is 265 g/mol. The molecule has 0 saturated heterocycles. The van der Waals surface area contributed by atoms with E-state index in [1.165, 1.54) is 0 Å². The molecule has 2 aromatic carbocycles. The van der Waals surface area contributed by atoms with Crippen LogP contribution in [0.4, 0.5) is 4.39 Å². The predicted octanol–water partition coefficient (Wildman–Crippen LogP) is 3.33. The van der Waals surface area contributed by atoms with Gasteiger partial charge >= 0.3 is 0 Å². The molecule has 3 rings (SSSR count). The van der Waals surface area contributed by atoms with Gasteiger partial charge in [-0.3, -0.25) is 4.79 Å². The molecule has 104 valence electrons. The first-order valence-electron chi connectivity index (χ1n) is 6.84. The Balaban J connectivity index is 2.15. The van der Waals surface area contributed by atoms with Crippen LogP contribution in [0.15, 0.2) is 66.9 Å². The summed E-state index contributed by atoms with van der Waals surface area (Å²) in [6.07, 6.45) is 1.85. The second-order valence-electron chi connectivity index (χ2n) is 4.92. The van der Waals surface area contributed by atoms with Crippen molar-refractivity contribution in [3.05, 3.63) is 78.1 Å². The van der Waals surface area contributed by atoms with Gasteiger partial charge in [0.2, 0.25) is 0 Å². The average Bonchev–Trinajstić information content (AvgIpc) is 2.55. The molecule has 3 aromatic rings. The van der Waals surface area contributed by atoms with Gasteiger partial charge < -0.3 is 0 Å². The van der Waals surface area contributed by atoms with Crippen LogP contribution < -0.4 is 4.57 Å². The normalized spacial score (nSPS) is 10.7. The number of carbonyl (C=O) groups is 1. The van der Waals surface area contributed by atoms with Crippen LogP contribution in [0.3, 0.4) is 0 Å². The van der Waals surface area contributed by atoms with Gasteiger partial charge in [0.15, 0.2) is 19.4 Å². The molecule has 0 aliphatic rings. The van der Waals surface area contributed by atoms with Gasteiger partial charge in [0.1, 0.15) is 0 Å². The number of hydrogen-bond acceptors (Lipinski definition) is 1. The fourth-order valence-electron chi connectivity index (χ4n) is 2.54. The molecule has 0 N–H and O–H groups in total. The number of aromatic nitrogens is 1. The van der Waals surface area contributed by atoms with Crippen molar-refractivity contribution in [2.24, 2.45) is 0 Å². The Kier molecular flexibility index (Phi) is 3.73. The monoisotopic (exact) mass is 280 g/mol. The molecule has 0 unspecified atom stereocenters. The van der Waals surface area contributed by atoms with E-state index in [9.17, 15) is 9.18 Å². The molecule has 0 atom stereocenters. The van der Waals surface area contributed by atoms with Crippen LogP contribution in [-0.4, -0.2) is 12.5 Å². The van der Waals surface area contributed by atoms with Crippen LogP contribution in [-0.2, 0) is 6.54 Å². The van der Waals surface area contributed by atoms with Gasteiger partial charge in [-0.1, -0.05) is 48.5 Å². The molecule has 0 saturated carbocycles. The lowest BCUT2D eigenvalue weighted by Gasteiger charge is -2.06. The fraction of sp³-hybridized carbons (Fsp3) is 0.111. The largest absolute Gasteiger partial charge is 0.284 e. The van der Waals surface area contributed by atoms with Crippen molar-refractivity contribution in [3.8, 4) is 0 Å². The maximum atomic E-state index is 13.0. The number of ketones is 1.